The van der Waals surface area contributed by atoms with E-state index in [1.807, 2.05) is 17.0 Å². The standard InChI is InChI=1S/C15H22N2O/c1-10(2)17-14(18)9-8-13(16)15(17)12-7-5-4-6-11(12)3/h4-7,10,13,15H,8-9,16H2,1-3H3. The van der Waals surface area contributed by atoms with Crippen molar-refractivity contribution in [1.29, 1.82) is 0 Å². The molecular formula is C15H22N2O. The highest BCUT2D eigenvalue weighted by atomic mass is 16.2. The van der Waals surface area contributed by atoms with E-state index in [0.29, 0.717) is 6.42 Å². The molecule has 3 heteroatoms. The molecule has 1 heterocycles. The number of nitrogens with two attached hydrogens (primary N) is 1. The van der Waals surface area contributed by atoms with Crippen LogP contribution < -0.4 is 5.73 Å². The van der Waals surface area contributed by atoms with Crippen LogP contribution >= 0.6 is 0 Å². The molecule has 1 aromatic rings. The lowest BCUT2D eigenvalue weighted by Gasteiger charge is -2.43. The Kier molecular flexibility index (Phi) is 3.71. The summed E-state index contributed by atoms with van der Waals surface area (Å²) in [5, 5.41) is 0. The van der Waals surface area contributed by atoms with Crippen molar-refractivity contribution in [2.24, 2.45) is 5.73 Å². The Hall–Kier alpha value is -1.35. The first-order valence-electron chi connectivity index (χ1n) is 6.64. The van der Waals surface area contributed by atoms with Gasteiger partial charge >= 0.3 is 0 Å². The average Bonchev–Trinajstić information content (AvgIpc) is 2.32. The van der Waals surface area contributed by atoms with Crippen LogP contribution in [0.15, 0.2) is 24.3 Å². The molecular weight excluding hydrogens is 224 g/mol. The van der Waals surface area contributed by atoms with Crippen molar-refractivity contribution < 1.29 is 4.79 Å². The number of likely N-dealkylation sites (tertiary alicyclic amines) is 1. The van der Waals surface area contributed by atoms with Crippen LogP contribution in [0.1, 0.15) is 43.9 Å². The van der Waals surface area contributed by atoms with Gasteiger partial charge < -0.3 is 10.6 Å². The second-order valence-corrected chi connectivity index (χ2v) is 5.40. The molecule has 98 valence electrons. The first-order valence-corrected chi connectivity index (χ1v) is 6.64. The van der Waals surface area contributed by atoms with E-state index in [4.69, 9.17) is 5.73 Å². The number of hydrogen-bond donors (Lipinski definition) is 1. The fourth-order valence-corrected chi connectivity index (χ4v) is 2.85. The molecule has 18 heavy (non-hydrogen) atoms. The molecule has 1 saturated heterocycles. The van der Waals surface area contributed by atoms with Crippen LogP contribution in [-0.2, 0) is 4.79 Å². The highest BCUT2D eigenvalue weighted by Gasteiger charge is 2.36. The fraction of sp³-hybridized carbons (Fsp3) is 0.533. The Morgan fingerprint density at radius 1 is 1.33 bits per heavy atom. The molecule has 0 spiro atoms. The summed E-state index contributed by atoms with van der Waals surface area (Å²) in [6.45, 7) is 6.20. The number of piperidine rings is 1. The van der Waals surface area contributed by atoms with Crippen molar-refractivity contribution in [1.82, 2.24) is 4.90 Å². The highest BCUT2D eigenvalue weighted by molar-refractivity contribution is 5.78. The van der Waals surface area contributed by atoms with Crippen LogP contribution in [0, 0.1) is 6.92 Å². The van der Waals surface area contributed by atoms with Gasteiger partial charge in [0.15, 0.2) is 0 Å². The first kappa shape index (κ1) is 13.1. The molecule has 1 fully saturated rings. The number of amides is 1. The number of aryl methyl sites for hydroxylation is 1. The molecule has 2 rings (SSSR count). The summed E-state index contributed by atoms with van der Waals surface area (Å²) in [7, 11) is 0. The predicted molar refractivity (Wildman–Crippen MR) is 73.1 cm³/mol. The van der Waals surface area contributed by atoms with E-state index >= 15 is 0 Å². The first-order chi connectivity index (χ1) is 8.52. The van der Waals surface area contributed by atoms with Gasteiger partial charge in [-0.2, -0.15) is 0 Å². The van der Waals surface area contributed by atoms with E-state index in [1.54, 1.807) is 0 Å². The fourth-order valence-electron chi connectivity index (χ4n) is 2.85. The lowest BCUT2D eigenvalue weighted by Crippen LogP contribution is -2.51. The number of rotatable bonds is 2. The quantitative estimate of drug-likeness (QED) is 0.871. The van der Waals surface area contributed by atoms with Crippen molar-refractivity contribution in [3.8, 4) is 0 Å². The van der Waals surface area contributed by atoms with Gasteiger partial charge in [0, 0.05) is 18.5 Å². The van der Waals surface area contributed by atoms with Gasteiger partial charge in [-0.3, -0.25) is 4.79 Å². The zero-order chi connectivity index (χ0) is 13.3. The Balaban J connectivity index is 2.43. The van der Waals surface area contributed by atoms with Gasteiger partial charge in [0.1, 0.15) is 0 Å². The van der Waals surface area contributed by atoms with E-state index in [2.05, 4.69) is 32.9 Å². The second kappa shape index (κ2) is 5.11. The summed E-state index contributed by atoms with van der Waals surface area (Å²) in [6, 6.07) is 8.46. The van der Waals surface area contributed by atoms with Crippen LogP contribution in [0.2, 0.25) is 0 Å². The molecule has 2 N–H and O–H groups in total. The van der Waals surface area contributed by atoms with Gasteiger partial charge in [-0.1, -0.05) is 24.3 Å². The van der Waals surface area contributed by atoms with E-state index in [0.717, 1.165) is 6.42 Å². The number of hydrogen-bond acceptors (Lipinski definition) is 2. The third-order valence-corrected chi connectivity index (χ3v) is 3.75. The summed E-state index contributed by atoms with van der Waals surface area (Å²) in [6.07, 6.45) is 1.35. The van der Waals surface area contributed by atoms with Gasteiger partial charge in [-0.25, -0.2) is 0 Å². The molecule has 1 aromatic carbocycles. The van der Waals surface area contributed by atoms with Gasteiger partial charge in [-0.05, 0) is 38.3 Å². The van der Waals surface area contributed by atoms with Crippen molar-refractivity contribution in [3.05, 3.63) is 35.4 Å². The molecule has 0 bridgehead atoms. The normalized spacial score (nSPS) is 24.7. The summed E-state index contributed by atoms with van der Waals surface area (Å²) in [4.78, 5) is 14.1. The smallest absolute Gasteiger partial charge is 0.223 e. The van der Waals surface area contributed by atoms with Crippen LogP contribution in [0.3, 0.4) is 0 Å². The number of carbonyl (C=O) groups excluding carboxylic acids is 1. The summed E-state index contributed by atoms with van der Waals surface area (Å²) < 4.78 is 0. The lowest BCUT2D eigenvalue weighted by molar-refractivity contribution is -0.139. The lowest BCUT2D eigenvalue weighted by atomic mass is 9.87. The minimum atomic E-state index is 0.0208. The average molecular weight is 246 g/mol. The highest BCUT2D eigenvalue weighted by Crippen LogP contribution is 2.33. The monoisotopic (exact) mass is 246 g/mol. The van der Waals surface area contributed by atoms with Crippen LogP contribution in [-0.4, -0.2) is 22.9 Å². The van der Waals surface area contributed by atoms with Crippen LogP contribution in [0.5, 0.6) is 0 Å². The van der Waals surface area contributed by atoms with Crippen LogP contribution in [0.25, 0.3) is 0 Å². The number of benzene rings is 1. The van der Waals surface area contributed by atoms with E-state index in [1.165, 1.54) is 11.1 Å². The summed E-state index contributed by atoms with van der Waals surface area (Å²) in [5.74, 6) is 0.222. The van der Waals surface area contributed by atoms with Gasteiger partial charge in [0.25, 0.3) is 0 Å². The molecule has 0 aromatic heterocycles. The maximum absolute atomic E-state index is 12.1. The van der Waals surface area contributed by atoms with Crippen molar-refractivity contribution >= 4 is 5.91 Å². The second-order valence-electron chi connectivity index (χ2n) is 5.40. The van der Waals surface area contributed by atoms with Gasteiger partial charge in [0.2, 0.25) is 5.91 Å². The third-order valence-electron chi connectivity index (χ3n) is 3.75. The Morgan fingerprint density at radius 2 is 2.00 bits per heavy atom. The zero-order valence-corrected chi connectivity index (χ0v) is 11.4. The molecule has 2 atom stereocenters. The summed E-state index contributed by atoms with van der Waals surface area (Å²) in [5.41, 5.74) is 8.67. The maximum atomic E-state index is 12.1. The Labute approximate surface area is 109 Å². The Bertz CT molecular complexity index is 442. The third kappa shape index (κ3) is 2.27. The molecule has 0 saturated carbocycles. The number of carbonyl (C=O) groups is 1. The van der Waals surface area contributed by atoms with Crippen molar-refractivity contribution in [3.63, 3.8) is 0 Å². The molecule has 2 unspecified atom stereocenters. The van der Waals surface area contributed by atoms with Gasteiger partial charge in [-0.15, -0.1) is 0 Å². The molecule has 0 radical (unpaired) electrons. The maximum Gasteiger partial charge on any atom is 0.223 e. The minimum Gasteiger partial charge on any atom is -0.332 e. The van der Waals surface area contributed by atoms with E-state index in [-0.39, 0.29) is 24.0 Å². The molecule has 1 amide bonds. The van der Waals surface area contributed by atoms with Gasteiger partial charge in [0.05, 0.1) is 6.04 Å². The zero-order valence-electron chi connectivity index (χ0n) is 11.4. The molecule has 1 aliphatic heterocycles. The van der Waals surface area contributed by atoms with Crippen molar-refractivity contribution in [2.45, 2.75) is 51.7 Å². The molecule has 0 aliphatic carbocycles. The molecule has 3 nitrogen and oxygen atoms in total. The summed E-state index contributed by atoms with van der Waals surface area (Å²) >= 11 is 0. The van der Waals surface area contributed by atoms with E-state index in [9.17, 15) is 4.79 Å². The minimum absolute atomic E-state index is 0.0208. The number of nitrogens with zero attached hydrogens (tertiary/aromatic N) is 1. The predicted octanol–water partition coefficient (Wildman–Crippen LogP) is 2.39. The van der Waals surface area contributed by atoms with Crippen LogP contribution in [0.4, 0.5) is 0 Å². The Morgan fingerprint density at radius 3 is 2.61 bits per heavy atom. The van der Waals surface area contributed by atoms with E-state index < -0.39 is 0 Å². The topological polar surface area (TPSA) is 46.3 Å². The van der Waals surface area contributed by atoms with Crippen molar-refractivity contribution in [2.75, 3.05) is 0 Å². The largest absolute Gasteiger partial charge is 0.332 e. The SMILES string of the molecule is Cc1ccccc1C1C(N)CCC(=O)N1C(C)C. The molecule has 1 aliphatic rings.